The van der Waals surface area contributed by atoms with Crippen LogP contribution in [0.1, 0.15) is 12.5 Å². The lowest BCUT2D eigenvalue weighted by Gasteiger charge is -2.32. The summed E-state index contributed by atoms with van der Waals surface area (Å²) in [7, 11) is 2.08. The molecule has 0 aliphatic carbocycles. The van der Waals surface area contributed by atoms with Crippen LogP contribution in [-0.2, 0) is 16.0 Å². The van der Waals surface area contributed by atoms with Gasteiger partial charge in [-0.15, -0.1) is 0 Å². The van der Waals surface area contributed by atoms with Crippen molar-refractivity contribution in [3.8, 4) is 5.75 Å². The molecule has 39 heavy (non-hydrogen) atoms. The molecular formula is C27H34FN7O4. The Bertz CT molecular complexity index is 1210. The van der Waals surface area contributed by atoms with E-state index in [0.29, 0.717) is 49.0 Å². The molecule has 11 nitrogen and oxygen atoms in total. The standard InChI is InChI=1S/C27H34FN7O4/c1-3-38-23(24(36)37)18-19-4-10-22(11-5-19)39-17-12-29-25-31-26(30-21-8-6-20(28)7-9-21)33-27(32-25)35-15-13-34(2)14-16-35/h4-11,23H,3,12-18H2,1-2H3,(H,36,37)(H2,29,30,31,32,33). The lowest BCUT2D eigenvalue weighted by Crippen LogP contribution is -2.45. The highest BCUT2D eigenvalue weighted by Crippen LogP contribution is 2.19. The topological polar surface area (TPSA) is 125 Å². The quantitative estimate of drug-likeness (QED) is 0.278. The van der Waals surface area contributed by atoms with Crippen LogP contribution in [0, 0.1) is 5.82 Å². The summed E-state index contributed by atoms with van der Waals surface area (Å²) in [5, 5.41) is 15.6. The molecule has 1 unspecified atom stereocenters. The van der Waals surface area contributed by atoms with Crippen molar-refractivity contribution < 1.29 is 23.8 Å². The molecule has 3 N–H and O–H groups in total. The molecule has 12 heteroatoms. The molecule has 1 aliphatic rings. The number of piperazine rings is 1. The summed E-state index contributed by atoms with van der Waals surface area (Å²) in [6.45, 7) is 6.32. The predicted octanol–water partition coefficient (Wildman–Crippen LogP) is 3.03. The van der Waals surface area contributed by atoms with E-state index < -0.39 is 12.1 Å². The van der Waals surface area contributed by atoms with E-state index in [1.807, 2.05) is 12.1 Å². The SMILES string of the molecule is CCOC(Cc1ccc(OCCNc2nc(Nc3ccc(F)cc3)nc(N3CCN(C)CC3)n2)cc1)C(=O)O. The molecule has 0 amide bonds. The van der Waals surface area contributed by atoms with Crippen molar-refractivity contribution in [2.45, 2.75) is 19.4 Å². The van der Waals surface area contributed by atoms with Gasteiger partial charge >= 0.3 is 5.97 Å². The molecule has 0 radical (unpaired) electrons. The first-order valence-corrected chi connectivity index (χ1v) is 12.9. The van der Waals surface area contributed by atoms with Gasteiger partial charge in [-0.1, -0.05) is 12.1 Å². The Morgan fingerprint density at radius 3 is 2.38 bits per heavy atom. The number of nitrogens with zero attached hydrogens (tertiary/aromatic N) is 5. The third kappa shape index (κ3) is 8.48. The second kappa shape index (κ2) is 13.7. The van der Waals surface area contributed by atoms with Crippen molar-refractivity contribution in [3.63, 3.8) is 0 Å². The smallest absolute Gasteiger partial charge is 0.333 e. The van der Waals surface area contributed by atoms with Crippen molar-refractivity contribution in [2.24, 2.45) is 0 Å². The van der Waals surface area contributed by atoms with E-state index in [1.54, 1.807) is 31.2 Å². The van der Waals surface area contributed by atoms with Crippen molar-refractivity contribution in [2.75, 3.05) is 68.5 Å². The number of benzene rings is 2. The molecular weight excluding hydrogens is 505 g/mol. The first-order valence-electron chi connectivity index (χ1n) is 12.9. The molecule has 3 aromatic rings. The van der Waals surface area contributed by atoms with Gasteiger partial charge in [-0.25, -0.2) is 9.18 Å². The molecule has 1 aromatic heterocycles. The maximum atomic E-state index is 13.3. The lowest BCUT2D eigenvalue weighted by atomic mass is 10.1. The molecule has 1 aliphatic heterocycles. The van der Waals surface area contributed by atoms with Gasteiger partial charge in [0.15, 0.2) is 6.10 Å². The first kappa shape index (κ1) is 28.0. The number of halogens is 1. The zero-order valence-corrected chi connectivity index (χ0v) is 22.1. The van der Waals surface area contributed by atoms with Gasteiger partial charge in [-0.05, 0) is 55.9 Å². The maximum absolute atomic E-state index is 13.3. The molecule has 2 heterocycles. The maximum Gasteiger partial charge on any atom is 0.333 e. The fraction of sp³-hybridized carbons (Fsp3) is 0.407. The third-order valence-electron chi connectivity index (χ3n) is 6.15. The molecule has 4 rings (SSSR count). The summed E-state index contributed by atoms with van der Waals surface area (Å²) in [4.78, 5) is 29.4. The Hall–Kier alpha value is -4.03. The average molecular weight is 540 g/mol. The van der Waals surface area contributed by atoms with E-state index in [1.165, 1.54) is 12.1 Å². The Labute approximate surface area is 227 Å². The van der Waals surface area contributed by atoms with Gasteiger partial charge in [-0.3, -0.25) is 0 Å². The number of carboxylic acid groups (broad SMARTS) is 1. The highest BCUT2D eigenvalue weighted by atomic mass is 19.1. The van der Waals surface area contributed by atoms with E-state index >= 15 is 0 Å². The highest BCUT2D eigenvalue weighted by Gasteiger charge is 2.19. The summed E-state index contributed by atoms with van der Waals surface area (Å²) in [5.74, 6) is 0.689. The number of aromatic nitrogens is 3. The second-order valence-electron chi connectivity index (χ2n) is 9.11. The largest absolute Gasteiger partial charge is 0.492 e. The number of hydrogen-bond donors (Lipinski definition) is 3. The van der Waals surface area contributed by atoms with Crippen LogP contribution in [0.4, 0.5) is 27.9 Å². The van der Waals surface area contributed by atoms with Crippen LogP contribution in [0.3, 0.4) is 0 Å². The fourth-order valence-electron chi connectivity index (χ4n) is 4.00. The molecule has 208 valence electrons. The van der Waals surface area contributed by atoms with Gasteiger partial charge in [0.05, 0.1) is 6.54 Å². The molecule has 0 spiro atoms. The van der Waals surface area contributed by atoms with Crippen LogP contribution in [0.25, 0.3) is 0 Å². The number of anilines is 4. The van der Waals surface area contributed by atoms with Crippen molar-refractivity contribution >= 4 is 29.5 Å². The van der Waals surface area contributed by atoms with Gasteiger partial charge in [0.2, 0.25) is 17.8 Å². The Morgan fingerprint density at radius 1 is 1.03 bits per heavy atom. The summed E-state index contributed by atoms with van der Waals surface area (Å²) in [6, 6.07) is 13.3. The molecule has 0 bridgehead atoms. The van der Waals surface area contributed by atoms with Gasteiger partial charge < -0.3 is 35.0 Å². The molecule has 2 aromatic carbocycles. The van der Waals surface area contributed by atoms with E-state index in [-0.39, 0.29) is 12.2 Å². The van der Waals surface area contributed by atoms with E-state index in [9.17, 15) is 14.3 Å². The summed E-state index contributed by atoms with van der Waals surface area (Å²) in [5.41, 5.74) is 1.52. The van der Waals surface area contributed by atoms with Crippen molar-refractivity contribution in [3.05, 3.63) is 59.9 Å². The second-order valence-corrected chi connectivity index (χ2v) is 9.11. The van der Waals surface area contributed by atoms with Gasteiger partial charge in [0.25, 0.3) is 0 Å². The van der Waals surface area contributed by atoms with Crippen LogP contribution < -0.4 is 20.3 Å². The van der Waals surface area contributed by atoms with Gasteiger partial charge in [-0.2, -0.15) is 15.0 Å². The van der Waals surface area contributed by atoms with E-state index in [0.717, 1.165) is 31.7 Å². The predicted molar refractivity (Wildman–Crippen MR) is 146 cm³/mol. The monoisotopic (exact) mass is 539 g/mol. The number of aliphatic carboxylic acids is 1. The van der Waals surface area contributed by atoms with Crippen LogP contribution in [0.5, 0.6) is 5.75 Å². The Morgan fingerprint density at radius 2 is 1.72 bits per heavy atom. The zero-order valence-electron chi connectivity index (χ0n) is 22.1. The van der Waals surface area contributed by atoms with Crippen LogP contribution >= 0.6 is 0 Å². The number of hydrogen-bond acceptors (Lipinski definition) is 10. The minimum absolute atomic E-state index is 0.286. The van der Waals surface area contributed by atoms with Crippen molar-refractivity contribution in [1.82, 2.24) is 19.9 Å². The molecule has 1 saturated heterocycles. The number of carbonyl (C=O) groups is 1. The minimum Gasteiger partial charge on any atom is -0.492 e. The normalized spacial score (nSPS) is 14.6. The van der Waals surface area contributed by atoms with E-state index in [2.05, 4.69) is 42.4 Å². The number of ether oxygens (including phenoxy) is 2. The van der Waals surface area contributed by atoms with Crippen LogP contribution in [0.15, 0.2) is 48.5 Å². The number of rotatable bonds is 13. The molecule has 1 fully saturated rings. The minimum atomic E-state index is -0.978. The fourth-order valence-corrected chi connectivity index (χ4v) is 4.00. The lowest BCUT2D eigenvalue weighted by molar-refractivity contribution is -0.149. The first-order chi connectivity index (χ1) is 18.9. The zero-order chi connectivity index (χ0) is 27.6. The number of likely N-dealkylation sites (N-methyl/N-ethyl adjacent to an activating group) is 1. The van der Waals surface area contributed by atoms with Gasteiger partial charge in [0, 0.05) is 44.9 Å². The Balaban J connectivity index is 1.35. The third-order valence-corrected chi connectivity index (χ3v) is 6.15. The average Bonchev–Trinajstić information content (AvgIpc) is 2.93. The summed E-state index contributed by atoms with van der Waals surface area (Å²) < 4.78 is 24.4. The summed E-state index contributed by atoms with van der Waals surface area (Å²) >= 11 is 0. The van der Waals surface area contributed by atoms with Crippen LogP contribution in [-0.4, -0.2) is 90.0 Å². The Kier molecular flexibility index (Phi) is 9.81. The van der Waals surface area contributed by atoms with Crippen molar-refractivity contribution in [1.29, 1.82) is 0 Å². The van der Waals surface area contributed by atoms with Gasteiger partial charge in [0.1, 0.15) is 18.2 Å². The summed E-state index contributed by atoms with van der Waals surface area (Å²) in [6.07, 6.45) is -0.585. The number of nitrogens with one attached hydrogen (secondary N) is 2. The van der Waals surface area contributed by atoms with E-state index in [4.69, 9.17) is 9.47 Å². The molecule has 1 atom stereocenters. The number of carboxylic acids is 1. The molecule has 0 saturated carbocycles. The van der Waals surface area contributed by atoms with Crippen LogP contribution in [0.2, 0.25) is 0 Å². The highest BCUT2D eigenvalue weighted by molar-refractivity contribution is 5.72.